The summed E-state index contributed by atoms with van der Waals surface area (Å²) in [5.74, 6) is 2.24. The number of hydrogen-bond acceptors (Lipinski definition) is 7. The number of rotatable bonds is 4. The van der Waals surface area contributed by atoms with E-state index in [4.69, 9.17) is 14.8 Å². The van der Waals surface area contributed by atoms with Crippen molar-refractivity contribution in [2.24, 2.45) is 11.1 Å². The van der Waals surface area contributed by atoms with Crippen LogP contribution in [-0.4, -0.2) is 20.3 Å². The Kier molecular flexibility index (Phi) is 5.59. The normalized spacial score (nSPS) is 16.1. The number of nitrogens with two attached hydrogens (primary N) is 1. The number of nitrogens with zero attached hydrogens (tertiary/aromatic N) is 4. The first-order valence-electron chi connectivity index (χ1n) is 9.39. The van der Waals surface area contributed by atoms with Gasteiger partial charge in [0.2, 0.25) is 11.7 Å². The van der Waals surface area contributed by atoms with Crippen molar-refractivity contribution in [1.82, 2.24) is 20.3 Å². The first kappa shape index (κ1) is 20.5. The number of aromatic nitrogens is 4. The van der Waals surface area contributed by atoms with E-state index >= 15 is 0 Å². The Bertz CT molecular complexity index is 938. The average molecular weight is 404 g/mol. The van der Waals surface area contributed by atoms with E-state index in [0.717, 1.165) is 43.2 Å². The fraction of sp³-hybridized carbons (Fsp3) is 0.500. The predicted octanol–water partition coefficient (Wildman–Crippen LogP) is 4.53. The van der Waals surface area contributed by atoms with Gasteiger partial charge in [0.05, 0.1) is 5.54 Å². The second-order valence-electron chi connectivity index (χ2n) is 8.62. The fourth-order valence-corrected chi connectivity index (χ4v) is 3.46. The number of benzene rings is 1. The van der Waals surface area contributed by atoms with Gasteiger partial charge >= 0.3 is 0 Å². The largest absolute Gasteiger partial charge is 0.339 e. The van der Waals surface area contributed by atoms with E-state index in [1.165, 1.54) is 0 Å². The topological polar surface area (TPSA) is 104 Å². The molecule has 2 N–H and O–H groups in total. The summed E-state index contributed by atoms with van der Waals surface area (Å²) in [6.07, 6.45) is 4.72. The van der Waals surface area contributed by atoms with E-state index < -0.39 is 5.54 Å². The van der Waals surface area contributed by atoms with Gasteiger partial charge in [-0.25, -0.2) is 0 Å². The van der Waals surface area contributed by atoms with Crippen LogP contribution in [0.4, 0.5) is 0 Å². The Labute approximate surface area is 170 Å². The first-order valence-corrected chi connectivity index (χ1v) is 9.39. The summed E-state index contributed by atoms with van der Waals surface area (Å²) in [4.78, 5) is 9.07. The summed E-state index contributed by atoms with van der Waals surface area (Å²) in [5.41, 5.74) is 7.71. The molecule has 0 radical (unpaired) electrons. The quantitative estimate of drug-likeness (QED) is 0.682. The molecule has 8 heteroatoms. The van der Waals surface area contributed by atoms with Gasteiger partial charge in [-0.15, -0.1) is 12.4 Å². The fourth-order valence-electron chi connectivity index (χ4n) is 3.46. The number of halogens is 1. The summed E-state index contributed by atoms with van der Waals surface area (Å²) in [7, 11) is 0. The second-order valence-corrected chi connectivity index (χ2v) is 8.62. The molecule has 0 saturated heterocycles. The maximum atomic E-state index is 6.43. The molecule has 4 rings (SSSR count). The van der Waals surface area contributed by atoms with Crippen molar-refractivity contribution in [3.8, 4) is 22.8 Å². The minimum atomic E-state index is -0.463. The summed E-state index contributed by atoms with van der Waals surface area (Å²) in [5, 5.41) is 8.24. The summed E-state index contributed by atoms with van der Waals surface area (Å²) >= 11 is 0. The highest BCUT2D eigenvalue weighted by atomic mass is 35.5. The van der Waals surface area contributed by atoms with Gasteiger partial charge in [0, 0.05) is 17.5 Å². The molecule has 3 aromatic rings. The minimum absolute atomic E-state index is 0. The highest BCUT2D eigenvalue weighted by Crippen LogP contribution is 2.35. The van der Waals surface area contributed by atoms with Gasteiger partial charge < -0.3 is 14.8 Å². The van der Waals surface area contributed by atoms with E-state index in [9.17, 15) is 0 Å². The molecule has 2 heterocycles. The third-order valence-corrected chi connectivity index (χ3v) is 4.88. The molecule has 0 aliphatic heterocycles. The van der Waals surface area contributed by atoms with Crippen molar-refractivity contribution in [3.05, 3.63) is 36.0 Å². The molecule has 1 saturated carbocycles. The predicted molar refractivity (Wildman–Crippen MR) is 108 cm³/mol. The van der Waals surface area contributed by atoms with Crippen LogP contribution in [0.25, 0.3) is 22.8 Å². The van der Waals surface area contributed by atoms with Gasteiger partial charge in [-0.3, -0.25) is 0 Å². The van der Waals surface area contributed by atoms with Crippen LogP contribution in [0, 0.1) is 5.41 Å². The van der Waals surface area contributed by atoms with Crippen molar-refractivity contribution < 1.29 is 9.05 Å². The zero-order valence-corrected chi connectivity index (χ0v) is 17.3. The lowest BCUT2D eigenvalue weighted by Crippen LogP contribution is -2.34. The zero-order chi connectivity index (χ0) is 19.1. The second kappa shape index (κ2) is 7.64. The van der Waals surface area contributed by atoms with Crippen LogP contribution in [-0.2, 0) is 12.0 Å². The zero-order valence-electron chi connectivity index (χ0n) is 16.4. The molecule has 0 spiro atoms. The van der Waals surface area contributed by atoms with Crippen LogP contribution in [0.3, 0.4) is 0 Å². The standard InChI is InChI=1S/C20H25N5O2.ClH/c1-19(2,3)12-15-22-16(24-26-15)13-7-6-8-14(11-13)17-23-18(25-27-17)20(21)9-4-5-10-20;/h6-8,11H,4-5,9-10,12,21H2,1-3H3;1H. The summed E-state index contributed by atoms with van der Waals surface area (Å²) in [6.45, 7) is 6.41. The third kappa shape index (κ3) is 4.25. The van der Waals surface area contributed by atoms with E-state index in [1.807, 2.05) is 24.3 Å². The Morgan fingerprint density at radius 2 is 1.75 bits per heavy atom. The molecule has 28 heavy (non-hydrogen) atoms. The smallest absolute Gasteiger partial charge is 0.258 e. The van der Waals surface area contributed by atoms with Crippen LogP contribution in [0.5, 0.6) is 0 Å². The van der Waals surface area contributed by atoms with Crippen LogP contribution in [0.15, 0.2) is 33.3 Å². The molecular formula is C20H26ClN5O2. The molecule has 7 nitrogen and oxygen atoms in total. The van der Waals surface area contributed by atoms with E-state index in [-0.39, 0.29) is 17.8 Å². The molecule has 0 bridgehead atoms. The molecular weight excluding hydrogens is 378 g/mol. The molecule has 1 aliphatic carbocycles. The molecule has 1 aliphatic rings. The van der Waals surface area contributed by atoms with Crippen molar-refractivity contribution >= 4 is 12.4 Å². The van der Waals surface area contributed by atoms with Gasteiger partial charge in [-0.05, 0) is 30.4 Å². The molecule has 2 aromatic heterocycles. The van der Waals surface area contributed by atoms with E-state index in [0.29, 0.717) is 23.4 Å². The Morgan fingerprint density at radius 3 is 2.46 bits per heavy atom. The Morgan fingerprint density at radius 1 is 1.04 bits per heavy atom. The molecule has 1 aromatic carbocycles. The van der Waals surface area contributed by atoms with Gasteiger partial charge in [0.15, 0.2) is 5.82 Å². The van der Waals surface area contributed by atoms with E-state index in [1.54, 1.807) is 0 Å². The average Bonchev–Trinajstić information content (AvgIpc) is 3.34. The lowest BCUT2D eigenvalue weighted by atomic mass is 9.92. The van der Waals surface area contributed by atoms with Crippen LogP contribution < -0.4 is 5.73 Å². The Balaban J connectivity index is 0.00000225. The summed E-state index contributed by atoms with van der Waals surface area (Å²) < 4.78 is 10.9. The van der Waals surface area contributed by atoms with Gasteiger partial charge in [0.1, 0.15) is 0 Å². The van der Waals surface area contributed by atoms with Gasteiger partial charge in [-0.1, -0.05) is 56.1 Å². The molecule has 0 unspecified atom stereocenters. The van der Waals surface area contributed by atoms with Crippen molar-refractivity contribution in [2.75, 3.05) is 0 Å². The molecule has 150 valence electrons. The summed E-state index contributed by atoms with van der Waals surface area (Å²) in [6, 6.07) is 7.71. The highest BCUT2D eigenvalue weighted by Gasteiger charge is 2.36. The SMILES string of the molecule is CC(C)(C)Cc1nc(-c2cccc(-c3nc(C4(N)CCCC4)no3)c2)no1.Cl. The molecule has 0 atom stereocenters. The lowest BCUT2D eigenvalue weighted by Gasteiger charge is -2.17. The van der Waals surface area contributed by atoms with Crippen molar-refractivity contribution in [3.63, 3.8) is 0 Å². The number of hydrogen-bond donors (Lipinski definition) is 1. The van der Waals surface area contributed by atoms with Crippen molar-refractivity contribution in [2.45, 2.75) is 58.4 Å². The minimum Gasteiger partial charge on any atom is -0.339 e. The van der Waals surface area contributed by atoms with Gasteiger partial charge in [0.25, 0.3) is 5.89 Å². The van der Waals surface area contributed by atoms with Crippen LogP contribution in [0.2, 0.25) is 0 Å². The third-order valence-electron chi connectivity index (χ3n) is 4.88. The van der Waals surface area contributed by atoms with Crippen LogP contribution in [0.1, 0.15) is 58.2 Å². The van der Waals surface area contributed by atoms with Crippen LogP contribution >= 0.6 is 12.4 Å². The van der Waals surface area contributed by atoms with E-state index in [2.05, 4.69) is 41.1 Å². The van der Waals surface area contributed by atoms with Crippen molar-refractivity contribution in [1.29, 1.82) is 0 Å². The highest BCUT2D eigenvalue weighted by molar-refractivity contribution is 5.85. The molecule has 1 fully saturated rings. The Hall–Kier alpha value is -2.25. The van der Waals surface area contributed by atoms with Gasteiger partial charge in [-0.2, -0.15) is 9.97 Å². The lowest BCUT2D eigenvalue weighted by molar-refractivity contribution is 0.314. The maximum Gasteiger partial charge on any atom is 0.258 e. The maximum absolute atomic E-state index is 6.43. The first-order chi connectivity index (χ1) is 12.8. The monoisotopic (exact) mass is 403 g/mol. The molecule has 0 amide bonds.